The fraction of sp³-hybridized carbons (Fsp3) is 0.208. The summed E-state index contributed by atoms with van der Waals surface area (Å²) in [6.07, 6.45) is 6.47. The molecule has 0 bridgehead atoms. The van der Waals surface area contributed by atoms with E-state index in [1.165, 1.54) is 24.1 Å². The third-order valence-corrected chi connectivity index (χ3v) is 5.54. The molecule has 29 heavy (non-hydrogen) atoms. The second kappa shape index (κ2) is 7.17. The van der Waals surface area contributed by atoms with Gasteiger partial charge in [0, 0.05) is 31.0 Å². The maximum atomic E-state index is 10.1. The number of aromatic hydroxyl groups is 1. The Morgan fingerprint density at radius 1 is 0.931 bits per heavy atom. The predicted molar refractivity (Wildman–Crippen MR) is 115 cm³/mol. The summed E-state index contributed by atoms with van der Waals surface area (Å²) >= 11 is 0. The Morgan fingerprint density at radius 3 is 2.31 bits per heavy atom. The van der Waals surface area contributed by atoms with Crippen molar-refractivity contribution in [1.29, 1.82) is 0 Å². The molecule has 2 heterocycles. The summed E-state index contributed by atoms with van der Waals surface area (Å²) < 4.78 is 0. The average molecular weight is 382 g/mol. The van der Waals surface area contributed by atoms with E-state index in [0.29, 0.717) is 23.1 Å². The van der Waals surface area contributed by atoms with E-state index in [4.69, 9.17) is 0 Å². The maximum Gasteiger partial charge on any atom is 0.222 e. The summed E-state index contributed by atoms with van der Waals surface area (Å²) in [6, 6.07) is 19.0. The molecule has 0 aliphatic heterocycles. The molecule has 5 heteroatoms. The van der Waals surface area contributed by atoms with E-state index in [2.05, 4.69) is 75.4 Å². The van der Waals surface area contributed by atoms with E-state index >= 15 is 0 Å². The van der Waals surface area contributed by atoms with Crippen LogP contribution in [0.2, 0.25) is 0 Å². The lowest BCUT2D eigenvalue weighted by atomic mass is 10.1. The first-order valence-electron chi connectivity index (χ1n) is 9.89. The van der Waals surface area contributed by atoms with Gasteiger partial charge in [-0.05, 0) is 60.2 Å². The zero-order valence-corrected chi connectivity index (χ0v) is 16.3. The van der Waals surface area contributed by atoms with Gasteiger partial charge in [-0.25, -0.2) is 4.98 Å². The lowest BCUT2D eigenvalue weighted by molar-refractivity contribution is 0.457. The lowest BCUT2D eigenvalue weighted by Crippen LogP contribution is -2.09. The van der Waals surface area contributed by atoms with E-state index in [0.717, 1.165) is 17.2 Å². The van der Waals surface area contributed by atoms with Crippen molar-refractivity contribution >= 4 is 22.3 Å². The van der Waals surface area contributed by atoms with Gasteiger partial charge in [0.25, 0.3) is 0 Å². The fourth-order valence-electron chi connectivity index (χ4n) is 3.65. The highest BCUT2D eigenvalue weighted by Crippen LogP contribution is 2.40. The molecule has 5 nitrogen and oxygen atoms in total. The van der Waals surface area contributed by atoms with E-state index in [1.54, 1.807) is 18.5 Å². The highest BCUT2D eigenvalue weighted by molar-refractivity contribution is 5.82. The van der Waals surface area contributed by atoms with E-state index in [-0.39, 0.29) is 5.88 Å². The molecule has 0 amide bonds. The van der Waals surface area contributed by atoms with Crippen LogP contribution in [-0.4, -0.2) is 27.1 Å². The van der Waals surface area contributed by atoms with E-state index in [1.807, 2.05) is 0 Å². The first-order chi connectivity index (χ1) is 14.2. The number of rotatable bonds is 5. The summed E-state index contributed by atoms with van der Waals surface area (Å²) in [5.41, 5.74) is 5.50. The smallest absolute Gasteiger partial charge is 0.222 e. The van der Waals surface area contributed by atoms with Crippen LogP contribution in [0, 0.1) is 0 Å². The Morgan fingerprint density at radius 2 is 1.62 bits per heavy atom. The van der Waals surface area contributed by atoms with Gasteiger partial charge in [0.2, 0.25) is 5.88 Å². The molecule has 1 N–H and O–H groups in total. The summed E-state index contributed by atoms with van der Waals surface area (Å²) in [6.45, 7) is 0. The number of nitrogens with zero attached hydrogens (tertiary/aromatic N) is 4. The van der Waals surface area contributed by atoms with Gasteiger partial charge in [-0.2, -0.15) is 4.98 Å². The van der Waals surface area contributed by atoms with Crippen LogP contribution in [0.25, 0.3) is 10.9 Å². The Balaban J connectivity index is 1.33. The molecule has 1 aliphatic carbocycles. The molecular formula is C24H22N4O. The van der Waals surface area contributed by atoms with Gasteiger partial charge < -0.3 is 10.0 Å². The third kappa shape index (κ3) is 3.63. The molecule has 2 aromatic carbocycles. The molecule has 0 spiro atoms. The van der Waals surface area contributed by atoms with Crippen LogP contribution in [0.4, 0.5) is 11.4 Å². The number of aromatic nitrogens is 3. The lowest BCUT2D eigenvalue weighted by Gasteiger charge is -2.20. The van der Waals surface area contributed by atoms with Crippen LogP contribution >= 0.6 is 0 Å². The van der Waals surface area contributed by atoms with Crippen LogP contribution in [-0.2, 0) is 6.42 Å². The van der Waals surface area contributed by atoms with Gasteiger partial charge in [0.1, 0.15) is 5.82 Å². The Labute approximate surface area is 169 Å². The molecule has 0 unspecified atom stereocenters. The minimum absolute atomic E-state index is 0.00148. The second-order valence-electron chi connectivity index (χ2n) is 7.62. The fourth-order valence-corrected chi connectivity index (χ4v) is 3.65. The zero-order valence-electron chi connectivity index (χ0n) is 16.3. The van der Waals surface area contributed by atoms with Gasteiger partial charge in [-0.1, -0.05) is 24.3 Å². The minimum Gasteiger partial charge on any atom is -0.493 e. The summed E-state index contributed by atoms with van der Waals surface area (Å²) in [5.74, 6) is 1.36. The number of hydrogen-bond donors (Lipinski definition) is 1. The van der Waals surface area contributed by atoms with Gasteiger partial charge >= 0.3 is 0 Å². The van der Waals surface area contributed by atoms with Crippen LogP contribution in [0.1, 0.15) is 35.7 Å². The Bertz CT molecular complexity index is 1150. The van der Waals surface area contributed by atoms with Crippen LogP contribution in [0.15, 0.2) is 67.0 Å². The standard InChI is InChI=1S/C24H22N4O/c1-28(20-10-6-18(7-11-20)17-4-5-17)19-8-2-16(3-9-19)14-23-26-22-15-25-13-12-21(22)24(29)27-23/h2-3,6-13,15,17H,4-5,14H2,1H3,(H,26,27,29). The molecule has 2 aromatic heterocycles. The average Bonchev–Trinajstić information content (AvgIpc) is 3.60. The molecule has 4 aromatic rings. The number of fused-ring (bicyclic) bond motifs is 1. The third-order valence-electron chi connectivity index (χ3n) is 5.54. The van der Waals surface area contributed by atoms with Gasteiger partial charge in [-0.15, -0.1) is 0 Å². The molecule has 1 aliphatic rings. The van der Waals surface area contributed by atoms with Gasteiger partial charge in [-0.3, -0.25) is 4.98 Å². The summed E-state index contributed by atoms with van der Waals surface area (Å²) in [7, 11) is 2.08. The van der Waals surface area contributed by atoms with Crippen molar-refractivity contribution in [2.45, 2.75) is 25.2 Å². The monoisotopic (exact) mass is 382 g/mol. The van der Waals surface area contributed by atoms with Crippen LogP contribution < -0.4 is 4.90 Å². The van der Waals surface area contributed by atoms with Crippen molar-refractivity contribution in [3.8, 4) is 5.88 Å². The first-order valence-corrected chi connectivity index (χ1v) is 9.89. The molecule has 1 saturated carbocycles. The number of benzene rings is 2. The van der Waals surface area contributed by atoms with E-state index in [9.17, 15) is 5.11 Å². The Hall–Kier alpha value is -3.47. The predicted octanol–water partition coefficient (Wildman–Crippen LogP) is 4.97. The van der Waals surface area contributed by atoms with Crippen molar-refractivity contribution in [2.75, 3.05) is 11.9 Å². The summed E-state index contributed by atoms with van der Waals surface area (Å²) in [4.78, 5) is 15.0. The van der Waals surface area contributed by atoms with Crippen molar-refractivity contribution < 1.29 is 5.11 Å². The first kappa shape index (κ1) is 17.6. The topological polar surface area (TPSA) is 62.1 Å². The molecule has 0 radical (unpaired) electrons. The largest absolute Gasteiger partial charge is 0.493 e. The normalized spacial score (nSPS) is 13.6. The van der Waals surface area contributed by atoms with Gasteiger partial charge in [0.05, 0.1) is 17.1 Å². The SMILES string of the molecule is CN(c1ccc(Cc2nc(O)c3ccncc3n2)cc1)c1ccc(C2CC2)cc1. The summed E-state index contributed by atoms with van der Waals surface area (Å²) in [5, 5.41) is 10.8. The quantitative estimate of drug-likeness (QED) is 0.528. The van der Waals surface area contributed by atoms with Gasteiger partial charge in [0.15, 0.2) is 0 Å². The maximum absolute atomic E-state index is 10.1. The molecular weight excluding hydrogens is 360 g/mol. The van der Waals surface area contributed by atoms with E-state index < -0.39 is 0 Å². The minimum atomic E-state index is -0.00148. The van der Waals surface area contributed by atoms with Crippen LogP contribution in [0.3, 0.4) is 0 Å². The zero-order chi connectivity index (χ0) is 19.8. The number of pyridine rings is 1. The van der Waals surface area contributed by atoms with Crippen LogP contribution in [0.5, 0.6) is 5.88 Å². The number of hydrogen-bond acceptors (Lipinski definition) is 5. The molecule has 144 valence electrons. The molecule has 1 fully saturated rings. The Kier molecular flexibility index (Phi) is 4.35. The second-order valence-corrected chi connectivity index (χ2v) is 7.62. The van der Waals surface area contributed by atoms with Crippen molar-refractivity contribution in [1.82, 2.24) is 15.0 Å². The van der Waals surface area contributed by atoms with Crippen molar-refractivity contribution in [2.24, 2.45) is 0 Å². The van der Waals surface area contributed by atoms with Crippen molar-refractivity contribution in [3.63, 3.8) is 0 Å². The molecule has 5 rings (SSSR count). The highest BCUT2D eigenvalue weighted by atomic mass is 16.3. The number of anilines is 2. The van der Waals surface area contributed by atoms with Crippen molar-refractivity contribution in [3.05, 3.63) is 83.9 Å². The highest BCUT2D eigenvalue weighted by Gasteiger charge is 2.23. The molecule has 0 saturated heterocycles. The molecule has 0 atom stereocenters.